The molecule has 7 heteroatoms. The predicted octanol–water partition coefficient (Wildman–Crippen LogP) is 1.45. The van der Waals surface area contributed by atoms with Crippen molar-refractivity contribution in [3.05, 3.63) is 0 Å². The van der Waals surface area contributed by atoms with Crippen LogP contribution in [0.2, 0.25) is 0 Å². The summed E-state index contributed by atoms with van der Waals surface area (Å²) in [5.41, 5.74) is -0.270. The normalized spacial score (nSPS) is 16.8. The fourth-order valence-corrected chi connectivity index (χ4v) is 2.89. The van der Waals surface area contributed by atoms with Crippen LogP contribution in [0.1, 0.15) is 32.1 Å². The highest BCUT2D eigenvalue weighted by Gasteiger charge is 2.42. The minimum atomic E-state index is -0.270. The van der Waals surface area contributed by atoms with Gasteiger partial charge in [-0.2, -0.15) is 0 Å². The summed E-state index contributed by atoms with van der Waals surface area (Å²) in [4.78, 5) is 18.4. The van der Waals surface area contributed by atoms with Crippen LogP contribution in [0.4, 0.5) is 0 Å². The van der Waals surface area contributed by atoms with E-state index in [9.17, 15) is 4.79 Å². The molecule has 0 bridgehead atoms. The summed E-state index contributed by atoms with van der Waals surface area (Å²) >= 11 is 0. The zero-order chi connectivity index (χ0) is 15.7. The van der Waals surface area contributed by atoms with E-state index in [0.717, 1.165) is 51.2 Å². The van der Waals surface area contributed by atoms with Crippen molar-refractivity contribution in [1.82, 2.24) is 15.5 Å². The van der Waals surface area contributed by atoms with Gasteiger partial charge in [0.2, 0.25) is 5.91 Å². The standard InChI is InChI=1S/C15H30N4O2.HI/c1-16-14(17-10-7-11-21-4)18-12-15(8-5-6-9-15)13(20)19(2)3;/h5-12H2,1-4H3,(H2,16,17,18);1H. The molecule has 0 radical (unpaired) electrons. The third kappa shape index (κ3) is 6.28. The van der Waals surface area contributed by atoms with Crippen molar-refractivity contribution >= 4 is 35.8 Å². The smallest absolute Gasteiger partial charge is 0.230 e. The maximum atomic E-state index is 12.5. The van der Waals surface area contributed by atoms with Crippen LogP contribution in [0.25, 0.3) is 0 Å². The van der Waals surface area contributed by atoms with Gasteiger partial charge in [-0.15, -0.1) is 24.0 Å². The SMILES string of the molecule is CN=C(NCCCOC)NCC1(C(=O)N(C)C)CCCC1.I. The Bertz CT molecular complexity index is 355. The van der Waals surface area contributed by atoms with Crippen molar-refractivity contribution < 1.29 is 9.53 Å². The summed E-state index contributed by atoms with van der Waals surface area (Å²) in [5.74, 6) is 0.978. The second-order valence-corrected chi connectivity index (χ2v) is 5.89. The second-order valence-electron chi connectivity index (χ2n) is 5.89. The molecule has 130 valence electrons. The minimum Gasteiger partial charge on any atom is -0.385 e. The van der Waals surface area contributed by atoms with Crippen LogP contribution in [-0.2, 0) is 9.53 Å². The number of ether oxygens (including phenoxy) is 1. The van der Waals surface area contributed by atoms with Crippen molar-refractivity contribution in [2.24, 2.45) is 10.4 Å². The number of guanidine groups is 1. The molecule has 0 aromatic rings. The van der Waals surface area contributed by atoms with Crippen LogP contribution >= 0.6 is 24.0 Å². The average molecular weight is 426 g/mol. The molecule has 6 nitrogen and oxygen atoms in total. The zero-order valence-corrected chi connectivity index (χ0v) is 16.6. The molecule has 0 unspecified atom stereocenters. The molecule has 1 fully saturated rings. The number of hydrogen-bond donors (Lipinski definition) is 2. The molecule has 1 amide bonds. The number of nitrogens with zero attached hydrogens (tertiary/aromatic N) is 2. The van der Waals surface area contributed by atoms with Gasteiger partial charge in [0, 0.05) is 47.9 Å². The molecule has 0 heterocycles. The number of amides is 1. The Balaban J connectivity index is 0.00000441. The van der Waals surface area contributed by atoms with Gasteiger partial charge in [-0.1, -0.05) is 12.8 Å². The van der Waals surface area contributed by atoms with Gasteiger partial charge in [-0.3, -0.25) is 9.79 Å². The van der Waals surface area contributed by atoms with E-state index in [2.05, 4.69) is 15.6 Å². The minimum absolute atomic E-state index is 0. The molecule has 0 saturated heterocycles. The van der Waals surface area contributed by atoms with E-state index in [4.69, 9.17) is 4.74 Å². The van der Waals surface area contributed by atoms with Gasteiger partial charge in [0.1, 0.15) is 0 Å². The Hall–Kier alpha value is -0.570. The van der Waals surface area contributed by atoms with Crippen LogP contribution in [-0.4, -0.2) is 64.7 Å². The molecule has 0 aromatic heterocycles. The van der Waals surface area contributed by atoms with Crippen molar-refractivity contribution in [2.75, 3.05) is 47.9 Å². The van der Waals surface area contributed by atoms with Gasteiger partial charge in [0.05, 0.1) is 5.41 Å². The summed E-state index contributed by atoms with van der Waals surface area (Å²) in [5, 5.41) is 6.56. The van der Waals surface area contributed by atoms with Gasteiger partial charge < -0.3 is 20.3 Å². The average Bonchev–Trinajstić information content (AvgIpc) is 2.95. The number of halogens is 1. The molecule has 0 aromatic carbocycles. The van der Waals surface area contributed by atoms with Gasteiger partial charge in [-0.05, 0) is 19.3 Å². The summed E-state index contributed by atoms with van der Waals surface area (Å²) in [6.07, 6.45) is 5.09. The third-order valence-corrected chi connectivity index (χ3v) is 4.06. The maximum Gasteiger partial charge on any atom is 0.230 e. The van der Waals surface area contributed by atoms with Crippen molar-refractivity contribution in [2.45, 2.75) is 32.1 Å². The predicted molar refractivity (Wildman–Crippen MR) is 101 cm³/mol. The summed E-state index contributed by atoms with van der Waals surface area (Å²) in [6, 6.07) is 0. The highest BCUT2D eigenvalue weighted by atomic mass is 127. The molecule has 1 rings (SSSR count). The number of aliphatic imine (C=N–C) groups is 1. The van der Waals surface area contributed by atoms with E-state index in [1.807, 2.05) is 14.1 Å². The van der Waals surface area contributed by atoms with Gasteiger partial charge in [0.25, 0.3) is 0 Å². The first-order chi connectivity index (χ1) is 10.1. The Labute approximate surface area is 151 Å². The topological polar surface area (TPSA) is 66.0 Å². The molecule has 22 heavy (non-hydrogen) atoms. The molecule has 0 aliphatic heterocycles. The lowest BCUT2D eigenvalue weighted by Gasteiger charge is -2.31. The first-order valence-electron chi connectivity index (χ1n) is 7.71. The number of carbonyl (C=O) groups is 1. The zero-order valence-electron chi connectivity index (χ0n) is 14.3. The quantitative estimate of drug-likeness (QED) is 0.280. The fourth-order valence-electron chi connectivity index (χ4n) is 2.89. The van der Waals surface area contributed by atoms with Crippen molar-refractivity contribution in [3.63, 3.8) is 0 Å². The van der Waals surface area contributed by atoms with Crippen LogP contribution < -0.4 is 10.6 Å². The number of rotatable bonds is 7. The lowest BCUT2D eigenvalue weighted by atomic mass is 9.84. The van der Waals surface area contributed by atoms with Gasteiger partial charge >= 0.3 is 0 Å². The molecule has 1 saturated carbocycles. The lowest BCUT2D eigenvalue weighted by Crippen LogP contribution is -2.49. The largest absolute Gasteiger partial charge is 0.385 e. The van der Waals surface area contributed by atoms with Crippen LogP contribution in [0, 0.1) is 5.41 Å². The Morgan fingerprint density at radius 1 is 1.27 bits per heavy atom. The van der Waals surface area contributed by atoms with Crippen molar-refractivity contribution in [3.8, 4) is 0 Å². The summed E-state index contributed by atoms with van der Waals surface area (Å²) in [7, 11) is 7.12. The molecule has 0 atom stereocenters. The van der Waals surface area contributed by atoms with E-state index < -0.39 is 0 Å². The van der Waals surface area contributed by atoms with E-state index in [1.165, 1.54) is 0 Å². The van der Waals surface area contributed by atoms with Crippen LogP contribution in [0.3, 0.4) is 0 Å². The van der Waals surface area contributed by atoms with E-state index in [-0.39, 0.29) is 35.3 Å². The highest BCUT2D eigenvalue weighted by Crippen LogP contribution is 2.38. The van der Waals surface area contributed by atoms with Gasteiger partial charge in [-0.25, -0.2) is 0 Å². The maximum absolute atomic E-state index is 12.5. The fraction of sp³-hybridized carbons (Fsp3) is 0.867. The number of carbonyl (C=O) groups excluding carboxylic acids is 1. The molecule has 1 aliphatic rings. The second kappa shape index (κ2) is 11.0. The number of nitrogens with one attached hydrogen (secondary N) is 2. The summed E-state index contributed by atoms with van der Waals surface area (Å²) in [6.45, 7) is 2.18. The summed E-state index contributed by atoms with van der Waals surface area (Å²) < 4.78 is 5.02. The molecule has 0 spiro atoms. The van der Waals surface area contributed by atoms with E-state index >= 15 is 0 Å². The van der Waals surface area contributed by atoms with Crippen LogP contribution in [0.15, 0.2) is 4.99 Å². The monoisotopic (exact) mass is 426 g/mol. The Morgan fingerprint density at radius 3 is 2.41 bits per heavy atom. The molecular weight excluding hydrogens is 395 g/mol. The number of hydrogen-bond acceptors (Lipinski definition) is 3. The Kier molecular flexibility index (Phi) is 10.8. The highest BCUT2D eigenvalue weighted by molar-refractivity contribution is 14.0. The van der Waals surface area contributed by atoms with Crippen LogP contribution in [0.5, 0.6) is 0 Å². The van der Waals surface area contributed by atoms with E-state index in [0.29, 0.717) is 6.54 Å². The van der Waals surface area contributed by atoms with Crippen molar-refractivity contribution in [1.29, 1.82) is 0 Å². The first kappa shape index (κ1) is 21.4. The van der Waals surface area contributed by atoms with Gasteiger partial charge in [0.15, 0.2) is 5.96 Å². The Morgan fingerprint density at radius 2 is 1.91 bits per heavy atom. The molecule has 1 aliphatic carbocycles. The first-order valence-corrected chi connectivity index (χ1v) is 7.71. The third-order valence-electron chi connectivity index (χ3n) is 4.06. The molecular formula is C15H31IN4O2. The van der Waals surface area contributed by atoms with E-state index in [1.54, 1.807) is 19.1 Å². The number of methoxy groups -OCH3 is 1. The lowest BCUT2D eigenvalue weighted by molar-refractivity contribution is -0.138. The molecule has 2 N–H and O–H groups in total.